The third kappa shape index (κ3) is 2.59. The van der Waals surface area contributed by atoms with Gasteiger partial charge in [-0.2, -0.15) is 5.10 Å². The van der Waals surface area contributed by atoms with Gasteiger partial charge in [0, 0.05) is 16.9 Å². The highest BCUT2D eigenvalue weighted by Crippen LogP contribution is 2.09. The number of aromatic nitrogens is 4. The van der Waals surface area contributed by atoms with E-state index in [0.29, 0.717) is 16.2 Å². The molecule has 0 saturated carbocycles. The number of nitrogens with zero attached hydrogens (tertiary/aromatic N) is 3. The lowest BCUT2D eigenvalue weighted by molar-refractivity contribution is 0.101. The Kier molecular flexibility index (Phi) is 3.34. The first kappa shape index (κ1) is 11.9. The fourth-order valence-electron chi connectivity index (χ4n) is 1.21. The van der Waals surface area contributed by atoms with Gasteiger partial charge in [-0.3, -0.25) is 20.3 Å². The summed E-state index contributed by atoms with van der Waals surface area (Å²) in [5.74, 6) is 0.269. The number of carbonyl (C=O) groups excluding carboxylic acids is 1. The number of aromatic amines is 1. The van der Waals surface area contributed by atoms with E-state index in [1.165, 1.54) is 10.9 Å². The number of hydrogen-bond donors (Lipinski definition) is 2. The lowest BCUT2D eigenvalue weighted by Gasteiger charge is -2.06. The molecule has 0 aliphatic carbocycles. The van der Waals surface area contributed by atoms with E-state index in [0.717, 1.165) is 4.47 Å². The number of aryl methyl sites for hydroxylation is 1. The zero-order chi connectivity index (χ0) is 12.4. The van der Waals surface area contributed by atoms with Crippen LogP contribution in [0, 0.1) is 11.7 Å². The summed E-state index contributed by atoms with van der Waals surface area (Å²) >= 11 is 8.22. The molecule has 88 valence electrons. The minimum absolute atomic E-state index is 0.306. The minimum Gasteiger partial charge on any atom is -0.267 e. The molecule has 0 fully saturated rings. The second-order valence-corrected chi connectivity index (χ2v) is 4.55. The topological polar surface area (TPSA) is 75.6 Å². The molecule has 0 saturated heterocycles. The van der Waals surface area contributed by atoms with Crippen molar-refractivity contribution in [3.05, 3.63) is 39.1 Å². The summed E-state index contributed by atoms with van der Waals surface area (Å²) in [6.07, 6.45) is 3.07. The van der Waals surface area contributed by atoms with Crippen LogP contribution in [-0.4, -0.2) is 25.8 Å². The van der Waals surface area contributed by atoms with Crippen LogP contribution in [0.1, 0.15) is 16.2 Å². The van der Waals surface area contributed by atoms with Gasteiger partial charge >= 0.3 is 0 Å². The predicted molar refractivity (Wildman–Crippen MR) is 67.8 cm³/mol. The number of hydrogen-bond acceptors (Lipinski definition) is 4. The van der Waals surface area contributed by atoms with Gasteiger partial charge in [-0.15, -0.1) is 0 Å². The Morgan fingerprint density at radius 2 is 2.35 bits per heavy atom. The van der Waals surface area contributed by atoms with E-state index in [1.54, 1.807) is 19.2 Å². The van der Waals surface area contributed by atoms with E-state index in [2.05, 4.69) is 36.5 Å². The van der Waals surface area contributed by atoms with Crippen LogP contribution in [0.3, 0.4) is 0 Å². The summed E-state index contributed by atoms with van der Waals surface area (Å²) in [4.78, 5) is 15.8. The number of halogens is 1. The third-order valence-corrected chi connectivity index (χ3v) is 2.73. The van der Waals surface area contributed by atoms with Crippen molar-refractivity contribution in [2.75, 3.05) is 5.43 Å². The number of nitrogens with one attached hydrogen (secondary N) is 2. The van der Waals surface area contributed by atoms with Crippen LogP contribution in [0.25, 0.3) is 0 Å². The molecule has 0 bridgehead atoms. The van der Waals surface area contributed by atoms with Crippen molar-refractivity contribution >= 4 is 34.1 Å². The number of carbonyl (C=O) groups is 1. The Morgan fingerprint density at radius 3 is 2.94 bits per heavy atom. The molecule has 0 unspecified atom stereocenters. The highest BCUT2D eigenvalue weighted by molar-refractivity contribution is 9.10. The fourth-order valence-corrected chi connectivity index (χ4v) is 1.80. The summed E-state index contributed by atoms with van der Waals surface area (Å²) in [5.41, 5.74) is 3.05. The van der Waals surface area contributed by atoms with Crippen LogP contribution in [0.2, 0.25) is 0 Å². The first-order valence-corrected chi connectivity index (χ1v) is 5.84. The normalized spacial score (nSPS) is 10.2. The van der Waals surface area contributed by atoms with Crippen molar-refractivity contribution in [1.82, 2.24) is 19.9 Å². The molecule has 0 aromatic carbocycles. The smallest absolute Gasteiger partial charge is 0.267 e. The van der Waals surface area contributed by atoms with Crippen molar-refractivity contribution in [2.45, 2.75) is 6.92 Å². The summed E-state index contributed by atoms with van der Waals surface area (Å²) in [6, 6.07) is 1.67. The lowest BCUT2D eigenvalue weighted by atomic mass is 10.3. The standard InChI is InChI=1S/C9H8BrN5OS/c1-5-12-13-9(17)15(5)14-8(16)6-2-7(10)4-11-3-6/h2-4H,1H3,(H,13,17)(H,14,16). The molecule has 0 radical (unpaired) electrons. The monoisotopic (exact) mass is 313 g/mol. The summed E-state index contributed by atoms with van der Waals surface area (Å²) in [6.45, 7) is 1.73. The largest absolute Gasteiger partial charge is 0.271 e. The molecular weight excluding hydrogens is 306 g/mol. The average Bonchev–Trinajstić information content (AvgIpc) is 2.61. The van der Waals surface area contributed by atoms with Gasteiger partial charge in [0.25, 0.3) is 5.91 Å². The third-order valence-electron chi connectivity index (χ3n) is 2.02. The molecule has 0 aliphatic rings. The quantitative estimate of drug-likeness (QED) is 0.829. The van der Waals surface area contributed by atoms with E-state index in [4.69, 9.17) is 12.2 Å². The van der Waals surface area contributed by atoms with Gasteiger partial charge < -0.3 is 0 Å². The second kappa shape index (κ2) is 4.76. The maximum Gasteiger partial charge on any atom is 0.271 e. The summed E-state index contributed by atoms with van der Waals surface area (Å²) < 4.78 is 2.47. The highest BCUT2D eigenvalue weighted by atomic mass is 79.9. The predicted octanol–water partition coefficient (Wildman–Crippen LogP) is 1.79. The fraction of sp³-hybridized carbons (Fsp3) is 0.111. The molecule has 17 heavy (non-hydrogen) atoms. The lowest BCUT2D eigenvalue weighted by Crippen LogP contribution is -2.24. The van der Waals surface area contributed by atoms with Gasteiger partial charge in [0.15, 0.2) is 0 Å². The first-order valence-electron chi connectivity index (χ1n) is 4.64. The molecule has 0 aliphatic heterocycles. The minimum atomic E-state index is -0.306. The molecule has 2 N–H and O–H groups in total. The number of rotatable bonds is 2. The van der Waals surface area contributed by atoms with Crippen LogP contribution in [0.15, 0.2) is 22.9 Å². The van der Waals surface area contributed by atoms with Crippen molar-refractivity contribution in [1.29, 1.82) is 0 Å². The van der Waals surface area contributed by atoms with Crippen LogP contribution < -0.4 is 5.43 Å². The maximum absolute atomic E-state index is 11.9. The average molecular weight is 314 g/mol. The molecule has 6 nitrogen and oxygen atoms in total. The maximum atomic E-state index is 11.9. The zero-order valence-electron chi connectivity index (χ0n) is 8.77. The van der Waals surface area contributed by atoms with E-state index < -0.39 is 0 Å². The van der Waals surface area contributed by atoms with E-state index in [-0.39, 0.29) is 5.91 Å². The number of H-pyrrole nitrogens is 1. The molecule has 2 heterocycles. The molecule has 1 amide bonds. The summed E-state index contributed by atoms with van der Waals surface area (Å²) in [7, 11) is 0. The molecule has 2 rings (SSSR count). The Bertz CT molecular complexity index is 620. The molecule has 2 aromatic heterocycles. The second-order valence-electron chi connectivity index (χ2n) is 3.24. The molecule has 2 aromatic rings. The van der Waals surface area contributed by atoms with Crippen molar-refractivity contribution in [2.24, 2.45) is 0 Å². The SMILES string of the molecule is Cc1n[nH]c(=S)n1NC(=O)c1cncc(Br)c1. The number of amides is 1. The van der Waals surface area contributed by atoms with Gasteiger partial charge in [-0.1, -0.05) is 0 Å². The van der Waals surface area contributed by atoms with E-state index in [9.17, 15) is 4.79 Å². The molecule has 8 heteroatoms. The van der Waals surface area contributed by atoms with Crippen molar-refractivity contribution in [3.63, 3.8) is 0 Å². The molecular formula is C9H8BrN5OS. The van der Waals surface area contributed by atoms with Crippen LogP contribution >= 0.6 is 28.1 Å². The van der Waals surface area contributed by atoms with Crippen molar-refractivity contribution < 1.29 is 4.79 Å². The Hall–Kier alpha value is -1.54. The van der Waals surface area contributed by atoms with Crippen LogP contribution in [0.5, 0.6) is 0 Å². The Labute approximate surface area is 110 Å². The molecule has 0 atom stereocenters. The Balaban J connectivity index is 2.26. The van der Waals surface area contributed by atoms with Gasteiger partial charge in [0.1, 0.15) is 5.82 Å². The highest BCUT2D eigenvalue weighted by Gasteiger charge is 2.09. The van der Waals surface area contributed by atoms with Crippen LogP contribution in [0.4, 0.5) is 0 Å². The van der Waals surface area contributed by atoms with Gasteiger partial charge in [0.05, 0.1) is 5.56 Å². The van der Waals surface area contributed by atoms with Crippen molar-refractivity contribution in [3.8, 4) is 0 Å². The summed E-state index contributed by atoms with van der Waals surface area (Å²) in [5, 5.41) is 6.47. The van der Waals surface area contributed by atoms with Gasteiger partial charge in [0.2, 0.25) is 4.77 Å². The van der Waals surface area contributed by atoms with Crippen LogP contribution in [-0.2, 0) is 0 Å². The first-order chi connectivity index (χ1) is 8.08. The van der Waals surface area contributed by atoms with E-state index >= 15 is 0 Å². The van der Waals surface area contributed by atoms with Gasteiger partial charge in [-0.25, -0.2) is 4.68 Å². The van der Waals surface area contributed by atoms with E-state index in [1.807, 2.05) is 0 Å². The van der Waals surface area contributed by atoms with Gasteiger partial charge in [-0.05, 0) is 41.1 Å². The number of pyridine rings is 1. The molecule has 0 spiro atoms. The Morgan fingerprint density at radius 1 is 1.59 bits per heavy atom. The zero-order valence-corrected chi connectivity index (χ0v) is 11.2.